The topological polar surface area (TPSA) is 90.5 Å². The first-order valence-electron chi connectivity index (χ1n) is 9.74. The zero-order chi connectivity index (χ0) is 21.2. The molecule has 0 unspecified atom stereocenters. The van der Waals surface area contributed by atoms with Gasteiger partial charge in [0.05, 0.1) is 30.2 Å². The van der Waals surface area contributed by atoms with Crippen molar-refractivity contribution >= 4 is 34.0 Å². The molecule has 0 spiro atoms. The second-order valence-electron chi connectivity index (χ2n) is 7.18. The number of pyridine rings is 1. The zero-order valence-corrected chi connectivity index (χ0v) is 17.6. The van der Waals surface area contributed by atoms with Crippen molar-refractivity contribution in [2.24, 2.45) is 0 Å². The molecular formula is C22H19N7OS. The second kappa shape index (κ2) is 8.11. The molecule has 8 nitrogen and oxygen atoms in total. The van der Waals surface area contributed by atoms with Crippen LogP contribution >= 0.6 is 11.3 Å². The maximum Gasteiger partial charge on any atom is 0.256 e. The largest absolute Gasteiger partial charge is 0.322 e. The average molecular weight is 430 g/mol. The lowest BCUT2D eigenvalue weighted by molar-refractivity contribution is 0.102. The molecule has 5 aromatic rings. The number of carbonyl (C=O) groups is 1. The Morgan fingerprint density at radius 2 is 2.06 bits per heavy atom. The number of aryl methyl sites for hydroxylation is 1. The van der Waals surface area contributed by atoms with Crippen LogP contribution in [0.3, 0.4) is 0 Å². The normalized spacial score (nSPS) is 11.1. The molecule has 0 aliphatic carbocycles. The molecule has 1 amide bonds. The maximum atomic E-state index is 13.1. The van der Waals surface area contributed by atoms with Crippen LogP contribution in [0.2, 0.25) is 0 Å². The van der Waals surface area contributed by atoms with E-state index >= 15 is 0 Å². The van der Waals surface area contributed by atoms with E-state index in [-0.39, 0.29) is 5.91 Å². The average Bonchev–Trinajstić information content (AvgIpc) is 3.52. The number of carbonyl (C=O) groups excluding carboxylic acids is 1. The Balaban J connectivity index is 1.41. The van der Waals surface area contributed by atoms with Gasteiger partial charge in [-0.1, -0.05) is 18.2 Å². The fourth-order valence-electron chi connectivity index (χ4n) is 3.47. The Morgan fingerprint density at radius 1 is 1.13 bits per heavy atom. The quantitative estimate of drug-likeness (QED) is 0.444. The number of thiophene rings is 1. The van der Waals surface area contributed by atoms with Gasteiger partial charge >= 0.3 is 0 Å². The molecule has 31 heavy (non-hydrogen) atoms. The second-order valence-corrected chi connectivity index (χ2v) is 8.21. The monoisotopic (exact) mass is 429 g/mol. The fourth-order valence-corrected chi connectivity index (χ4v) is 4.16. The minimum absolute atomic E-state index is 0.191. The fraction of sp³-hybridized carbons (Fsp3) is 0.136. The van der Waals surface area contributed by atoms with Crippen LogP contribution in [-0.4, -0.2) is 35.4 Å². The molecule has 1 aromatic carbocycles. The van der Waals surface area contributed by atoms with Crippen LogP contribution in [-0.2, 0) is 13.1 Å². The smallest absolute Gasteiger partial charge is 0.256 e. The van der Waals surface area contributed by atoms with Gasteiger partial charge in [0.25, 0.3) is 5.91 Å². The summed E-state index contributed by atoms with van der Waals surface area (Å²) in [4.78, 5) is 22.9. The van der Waals surface area contributed by atoms with E-state index in [1.807, 2.05) is 47.3 Å². The minimum Gasteiger partial charge on any atom is -0.322 e. The molecule has 0 saturated heterocycles. The predicted octanol–water partition coefficient (Wildman–Crippen LogP) is 3.74. The highest BCUT2D eigenvalue weighted by atomic mass is 32.1. The number of nitrogens with one attached hydrogen (secondary N) is 1. The van der Waals surface area contributed by atoms with Crippen molar-refractivity contribution in [3.8, 4) is 0 Å². The Kier molecular flexibility index (Phi) is 5.01. The summed E-state index contributed by atoms with van der Waals surface area (Å²) < 4.78 is 3.57. The highest BCUT2D eigenvalue weighted by Crippen LogP contribution is 2.22. The highest BCUT2D eigenvalue weighted by Gasteiger charge is 2.16. The SMILES string of the molecule is Cc1cc(C(=O)Nc2cccc(Cn3cncn3)c2)c2cnn(Cc3cccs3)c2n1. The van der Waals surface area contributed by atoms with Crippen molar-refractivity contribution in [1.82, 2.24) is 29.5 Å². The molecule has 4 heterocycles. The molecule has 9 heteroatoms. The first-order valence-corrected chi connectivity index (χ1v) is 10.6. The summed E-state index contributed by atoms with van der Waals surface area (Å²) in [6.45, 7) is 3.10. The van der Waals surface area contributed by atoms with Crippen molar-refractivity contribution in [3.05, 3.63) is 88.4 Å². The van der Waals surface area contributed by atoms with Gasteiger partial charge in [-0.3, -0.25) is 4.79 Å². The van der Waals surface area contributed by atoms with Crippen molar-refractivity contribution in [2.45, 2.75) is 20.0 Å². The highest BCUT2D eigenvalue weighted by molar-refractivity contribution is 7.09. The number of benzene rings is 1. The minimum atomic E-state index is -0.191. The van der Waals surface area contributed by atoms with Gasteiger partial charge in [-0.15, -0.1) is 11.3 Å². The van der Waals surface area contributed by atoms with Gasteiger partial charge in [0.2, 0.25) is 0 Å². The van der Waals surface area contributed by atoms with E-state index in [1.54, 1.807) is 34.6 Å². The molecule has 154 valence electrons. The van der Waals surface area contributed by atoms with Crippen molar-refractivity contribution < 1.29 is 4.79 Å². The molecule has 0 fully saturated rings. The summed E-state index contributed by atoms with van der Waals surface area (Å²) >= 11 is 1.67. The number of aromatic nitrogens is 6. The van der Waals surface area contributed by atoms with Gasteiger partial charge in [0, 0.05) is 16.3 Å². The van der Waals surface area contributed by atoms with E-state index in [1.165, 1.54) is 11.2 Å². The van der Waals surface area contributed by atoms with Gasteiger partial charge in [-0.05, 0) is 42.1 Å². The van der Waals surface area contributed by atoms with Crippen molar-refractivity contribution in [3.63, 3.8) is 0 Å². The van der Waals surface area contributed by atoms with E-state index < -0.39 is 0 Å². The molecule has 0 atom stereocenters. The summed E-state index contributed by atoms with van der Waals surface area (Å²) in [6, 6.07) is 13.6. The Hall–Kier alpha value is -3.85. The van der Waals surface area contributed by atoms with Gasteiger partial charge in [-0.25, -0.2) is 19.3 Å². The van der Waals surface area contributed by atoms with Crippen LogP contribution in [0, 0.1) is 6.92 Å². The van der Waals surface area contributed by atoms with Gasteiger partial charge < -0.3 is 5.32 Å². The van der Waals surface area contributed by atoms with E-state index in [4.69, 9.17) is 0 Å². The van der Waals surface area contributed by atoms with Gasteiger partial charge in [-0.2, -0.15) is 10.2 Å². The van der Waals surface area contributed by atoms with Gasteiger partial charge in [0.1, 0.15) is 12.7 Å². The van der Waals surface area contributed by atoms with E-state index in [2.05, 4.69) is 31.5 Å². The Morgan fingerprint density at radius 3 is 2.87 bits per heavy atom. The van der Waals surface area contributed by atoms with Crippen molar-refractivity contribution in [1.29, 1.82) is 0 Å². The number of fused-ring (bicyclic) bond motifs is 1. The molecule has 5 rings (SSSR count). The van der Waals surface area contributed by atoms with E-state index in [0.29, 0.717) is 24.3 Å². The first kappa shape index (κ1) is 19.1. The lowest BCUT2D eigenvalue weighted by Gasteiger charge is -2.09. The molecule has 4 aromatic heterocycles. The number of hydrogen-bond donors (Lipinski definition) is 1. The third-order valence-corrected chi connectivity index (χ3v) is 5.72. The molecule has 0 aliphatic heterocycles. The summed E-state index contributed by atoms with van der Waals surface area (Å²) in [7, 11) is 0. The predicted molar refractivity (Wildman–Crippen MR) is 119 cm³/mol. The summed E-state index contributed by atoms with van der Waals surface area (Å²) in [5.41, 5.74) is 3.77. The number of anilines is 1. The summed E-state index contributed by atoms with van der Waals surface area (Å²) in [6.07, 6.45) is 4.88. The standard InChI is InChI=1S/C22H19N7OS/c1-15-8-19(20-10-24-29(21(20)26-15)12-18-6-3-7-31-18)22(30)27-17-5-2-4-16(9-17)11-28-14-23-13-25-28/h2-10,13-14H,11-12H2,1H3,(H,27,30). The molecule has 0 bridgehead atoms. The van der Waals surface area contributed by atoms with Crippen molar-refractivity contribution in [2.75, 3.05) is 5.32 Å². The molecule has 0 radical (unpaired) electrons. The zero-order valence-electron chi connectivity index (χ0n) is 16.8. The van der Waals surface area contributed by atoms with E-state index in [0.717, 1.165) is 22.3 Å². The number of nitrogens with zero attached hydrogens (tertiary/aromatic N) is 6. The molecular weight excluding hydrogens is 410 g/mol. The number of rotatable bonds is 6. The van der Waals surface area contributed by atoms with Crippen LogP contribution in [0.25, 0.3) is 11.0 Å². The molecule has 1 N–H and O–H groups in total. The lowest BCUT2D eigenvalue weighted by atomic mass is 10.1. The van der Waals surface area contributed by atoms with Crippen LogP contribution in [0.4, 0.5) is 5.69 Å². The third kappa shape index (κ3) is 4.08. The number of amides is 1. The number of hydrogen-bond acceptors (Lipinski definition) is 6. The van der Waals surface area contributed by atoms with E-state index in [9.17, 15) is 4.79 Å². The van der Waals surface area contributed by atoms with Crippen LogP contribution < -0.4 is 5.32 Å². The molecule has 0 saturated carbocycles. The molecule has 0 aliphatic rings. The van der Waals surface area contributed by atoms with Crippen LogP contribution in [0.5, 0.6) is 0 Å². The summed E-state index contributed by atoms with van der Waals surface area (Å²) in [5.74, 6) is -0.191. The Labute approximate surface area is 182 Å². The Bertz CT molecular complexity index is 1340. The maximum absolute atomic E-state index is 13.1. The van der Waals surface area contributed by atoms with Gasteiger partial charge in [0.15, 0.2) is 5.65 Å². The third-order valence-electron chi connectivity index (χ3n) is 4.86. The van der Waals surface area contributed by atoms with Crippen LogP contribution in [0.1, 0.15) is 26.5 Å². The lowest BCUT2D eigenvalue weighted by Crippen LogP contribution is -2.13. The first-order chi connectivity index (χ1) is 15.2. The van der Waals surface area contributed by atoms with Crippen LogP contribution in [0.15, 0.2) is 66.7 Å². The summed E-state index contributed by atoms with van der Waals surface area (Å²) in [5, 5.41) is 14.4.